The first-order chi connectivity index (χ1) is 8.33. The van der Waals surface area contributed by atoms with Crippen LogP contribution in [-0.2, 0) is 14.3 Å². The normalized spacial score (nSPS) is 20.3. The summed E-state index contributed by atoms with van der Waals surface area (Å²) in [5.74, 6) is 0.0420. The largest absolute Gasteiger partial charge is 0.497 e. The van der Waals surface area contributed by atoms with Crippen LogP contribution in [0.15, 0.2) is 23.7 Å². The van der Waals surface area contributed by atoms with E-state index in [0.717, 1.165) is 0 Å². The predicted octanol–water partition coefficient (Wildman–Crippen LogP) is 2.98. The minimum absolute atomic E-state index is 0.0695. The molecule has 102 valence electrons. The summed E-state index contributed by atoms with van der Waals surface area (Å²) in [5, 5.41) is 0. The van der Waals surface area contributed by atoms with Crippen molar-refractivity contribution in [3.63, 3.8) is 0 Å². The molecule has 0 aliphatic heterocycles. The molecule has 0 heterocycles. The number of alkyl halides is 3. The van der Waals surface area contributed by atoms with Crippen LogP contribution in [0.1, 0.15) is 19.8 Å². The molecule has 0 radical (unpaired) electrons. The molecule has 1 atom stereocenters. The third-order valence-corrected chi connectivity index (χ3v) is 2.53. The number of ether oxygens (including phenoxy) is 2. The fourth-order valence-electron chi connectivity index (χ4n) is 1.46. The van der Waals surface area contributed by atoms with Crippen LogP contribution in [0, 0.1) is 5.92 Å². The molecule has 1 unspecified atom stereocenters. The first-order valence-corrected chi connectivity index (χ1v) is 5.54. The van der Waals surface area contributed by atoms with Crippen LogP contribution in [0.3, 0.4) is 0 Å². The summed E-state index contributed by atoms with van der Waals surface area (Å²) >= 11 is 0. The Bertz CT molecular complexity index is 369. The molecule has 0 bridgehead atoms. The van der Waals surface area contributed by atoms with Gasteiger partial charge in [0.15, 0.2) is 5.78 Å². The highest BCUT2D eigenvalue weighted by Gasteiger charge is 2.27. The minimum atomic E-state index is -4.18. The summed E-state index contributed by atoms with van der Waals surface area (Å²) in [7, 11) is 1.41. The second-order valence-electron chi connectivity index (χ2n) is 3.99. The highest BCUT2D eigenvalue weighted by molar-refractivity contribution is 5.95. The third-order valence-electron chi connectivity index (χ3n) is 2.53. The zero-order chi connectivity index (χ0) is 13.8. The Morgan fingerprint density at radius 1 is 1.33 bits per heavy atom. The molecule has 0 spiro atoms. The molecule has 3 nitrogen and oxygen atoms in total. The Morgan fingerprint density at radius 3 is 2.56 bits per heavy atom. The van der Waals surface area contributed by atoms with Crippen molar-refractivity contribution in [3.8, 4) is 0 Å². The monoisotopic (exact) mass is 264 g/mol. The Balaban J connectivity index is 2.48. The molecule has 6 heteroatoms. The quantitative estimate of drug-likeness (QED) is 0.716. The Labute approximate surface area is 103 Å². The number of carbonyl (C=O) groups excluding carboxylic acids is 1. The lowest BCUT2D eigenvalue weighted by atomic mass is 9.98. The van der Waals surface area contributed by atoms with Gasteiger partial charge >= 0.3 is 6.18 Å². The first kappa shape index (κ1) is 14.6. The lowest BCUT2D eigenvalue weighted by Gasteiger charge is -2.19. The van der Waals surface area contributed by atoms with Gasteiger partial charge in [-0.15, -0.1) is 0 Å². The average molecular weight is 264 g/mol. The maximum Gasteiger partial charge on any atom is 0.389 e. The number of rotatable bonds is 5. The molecule has 0 saturated heterocycles. The van der Waals surface area contributed by atoms with Crippen molar-refractivity contribution in [2.45, 2.75) is 25.9 Å². The van der Waals surface area contributed by atoms with Crippen molar-refractivity contribution in [2.75, 3.05) is 13.7 Å². The summed E-state index contributed by atoms with van der Waals surface area (Å²) < 4.78 is 45.9. The number of carbonyl (C=O) groups is 1. The van der Waals surface area contributed by atoms with Crippen LogP contribution in [0.4, 0.5) is 13.2 Å². The van der Waals surface area contributed by atoms with Gasteiger partial charge in [0, 0.05) is 18.6 Å². The highest BCUT2D eigenvalue weighted by Crippen LogP contribution is 2.24. The maximum atomic E-state index is 11.9. The third kappa shape index (κ3) is 4.43. The lowest BCUT2D eigenvalue weighted by molar-refractivity contribution is -0.137. The number of hydrogen-bond acceptors (Lipinski definition) is 3. The fraction of sp³-hybridized carbons (Fsp3) is 0.583. The van der Waals surface area contributed by atoms with Crippen molar-refractivity contribution < 1.29 is 27.4 Å². The molecular formula is C12H15F3O3. The molecular weight excluding hydrogens is 249 g/mol. The van der Waals surface area contributed by atoms with E-state index < -0.39 is 18.5 Å². The standard InChI is InChI=1S/C12H15F3O3/c1-8-10(16)6-9(17-2)7-11(8)18-5-3-4-12(13,14)15/h6-8H,3-5H2,1-2H3. The molecule has 0 N–H and O–H groups in total. The van der Waals surface area contributed by atoms with Gasteiger partial charge in [-0.05, 0) is 13.3 Å². The zero-order valence-corrected chi connectivity index (χ0v) is 10.2. The second kappa shape index (κ2) is 5.93. The zero-order valence-electron chi connectivity index (χ0n) is 10.2. The molecule has 1 aliphatic rings. The van der Waals surface area contributed by atoms with Crippen LogP contribution >= 0.6 is 0 Å². The van der Waals surface area contributed by atoms with Crippen LogP contribution < -0.4 is 0 Å². The van der Waals surface area contributed by atoms with Gasteiger partial charge in [-0.25, -0.2) is 0 Å². The summed E-state index contributed by atoms with van der Waals surface area (Å²) in [6.07, 6.45) is -2.33. The van der Waals surface area contributed by atoms with Gasteiger partial charge in [-0.2, -0.15) is 13.2 Å². The Hall–Kier alpha value is -1.46. The number of allylic oxidation sites excluding steroid dienone is 3. The van der Waals surface area contributed by atoms with Crippen molar-refractivity contribution in [2.24, 2.45) is 5.92 Å². The van der Waals surface area contributed by atoms with Gasteiger partial charge in [-0.1, -0.05) is 0 Å². The van der Waals surface area contributed by atoms with Gasteiger partial charge in [-0.3, -0.25) is 4.79 Å². The van der Waals surface area contributed by atoms with Crippen LogP contribution in [0.2, 0.25) is 0 Å². The SMILES string of the molecule is COC1=CC(=O)C(C)C(OCCCC(F)(F)F)=C1. The van der Waals surface area contributed by atoms with Gasteiger partial charge in [0.2, 0.25) is 0 Å². The summed E-state index contributed by atoms with van der Waals surface area (Å²) in [6, 6.07) is 0. The molecule has 0 saturated carbocycles. The molecule has 0 amide bonds. The van der Waals surface area contributed by atoms with E-state index in [4.69, 9.17) is 9.47 Å². The van der Waals surface area contributed by atoms with Crippen molar-refractivity contribution in [1.82, 2.24) is 0 Å². The van der Waals surface area contributed by atoms with E-state index >= 15 is 0 Å². The predicted molar refractivity (Wildman–Crippen MR) is 58.6 cm³/mol. The van der Waals surface area contributed by atoms with Gasteiger partial charge in [0.1, 0.15) is 11.5 Å². The van der Waals surface area contributed by atoms with E-state index in [-0.39, 0.29) is 18.8 Å². The highest BCUT2D eigenvalue weighted by atomic mass is 19.4. The smallest absolute Gasteiger partial charge is 0.389 e. The summed E-state index contributed by atoms with van der Waals surface area (Å²) in [6.45, 7) is 1.57. The van der Waals surface area contributed by atoms with Gasteiger partial charge in [0.25, 0.3) is 0 Å². The van der Waals surface area contributed by atoms with Crippen molar-refractivity contribution in [3.05, 3.63) is 23.7 Å². The molecule has 0 aromatic heterocycles. The van der Waals surface area contributed by atoms with Crippen LogP contribution in [0.25, 0.3) is 0 Å². The molecule has 0 aromatic carbocycles. The van der Waals surface area contributed by atoms with Crippen LogP contribution in [-0.4, -0.2) is 25.7 Å². The minimum Gasteiger partial charge on any atom is -0.497 e. The van der Waals surface area contributed by atoms with E-state index in [1.165, 1.54) is 19.3 Å². The van der Waals surface area contributed by atoms with Crippen molar-refractivity contribution >= 4 is 5.78 Å². The average Bonchev–Trinajstić information content (AvgIpc) is 2.28. The molecule has 18 heavy (non-hydrogen) atoms. The van der Waals surface area contributed by atoms with E-state index in [1.54, 1.807) is 6.92 Å². The fourth-order valence-corrected chi connectivity index (χ4v) is 1.46. The number of halogens is 3. The van der Waals surface area contributed by atoms with E-state index in [9.17, 15) is 18.0 Å². The van der Waals surface area contributed by atoms with Gasteiger partial charge < -0.3 is 9.47 Å². The van der Waals surface area contributed by atoms with E-state index in [2.05, 4.69) is 0 Å². The topological polar surface area (TPSA) is 35.5 Å². The summed E-state index contributed by atoms with van der Waals surface area (Å²) in [5.41, 5.74) is 0. The first-order valence-electron chi connectivity index (χ1n) is 5.54. The number of methoxy groups -OCH3 is 1. The van der Waals surface area contributed by atoms with Gasteiger partial charge in [0.05, 0.1) is 19.6 Å². The molecule has 0 fully saturated rings. The Morgan fingerprint density at radius 2 is 2.00 bits per heavy atom. The second-order valence-corrected chi connectivity index (χ2v) is 3.99. The van der Waals surface area contributed by atoms with E-state index in [1.807, 2.05) is 0 Å². The lowest BCUT2D eigenvalue weighted by Crippen LogP contribution is -2.19. The molecule has 1 rings (SSSR count). The molecule has 0 aromatic rings. The van der Waals surface area contributed by atoms with Crippen molar-refractivity contribution in [1.29, 1.82) is 0 Å². The molecule has 1 aliphatic carbocycles. The summed E-state index contributed by atoms with van der Waals surface area (Å²) in [4.78, 5) is 11.5. The van der Waals surface area contributed by atoms with Crippen LogP contribution in [0.5, 0.6) is 0 Å². The maximum absolute atomic E-state index is 11.9. The number of hydrogen-bond donors (Lipinski definition) is 0. The Kier molecular flexibility index (Phi) is 4.81. The number of ketones is 1. The van der Waals surface area contributed by atoms with E-state index in [0.29, 0.717) is 11.5 Å².